The first-order valence-corrected chi connectivity index (χ1v) is 9.05. The van der Waals surface area contributed by atoms with Crippen LogP contribution in [0.25, 0.3) is 0 Å². The molecule has 0 saturated carbocycles. The Labute approximate surface area is 163 Å². The summed E-state index contributed by atoms with van der Waals surface area (Å²) < 4.78 is 10.6. The van der Waals surface area contributed by atoms with Gasteiger partial charge in [0.05, 0.1) is 5.69 Å². The van der Waals surface area contributed by atoms with Gasteiger partial charge in [0.25, 0.3) is 0 Å². The number of anilines is 3. The molecule has 0 fully saturated rings. The highest BCUT2D eigenvalue weighted by molar-refractivity contribution is 7.19. The van der Waals surface area contributed by atoms with Crippen LogP contribution in [-0.2, 0) is 0 Å². The molecule has 0 saturated heterocycles. The van der Waals surface area contributed by atoms with Crippen molar-refractivity contribution >= 4 is 45.1 Å². The summed E-state index contributed by atoms with van der Waals surface area (Å²) in [5, 5.41) is 13.7. The summed E-state index contributed by atoms with van der Waals surface area (Å²) in [6.07, 6.45) is 0. The van der Waals surface area contributed by atoms with Crippen LogP contribution in [0.4, 0.5) is 16.4 Å². The maximum atomic E-state index is 12.8. The number of benzene rings is 2. The molecule has 0 amide bonds. The molecule has 4 rings (SSSR count). The smallest absolute Gasteiger partial charge is 0.231 e. The van der Waals surface area contributed by atoms with Crippen molar-refractivity contribution in [3.05, 3.63) is 63.5 Å². The van der Waals surface area contributed by atoms with Crippen LogP contribution in [0.1, 0.15) is 20.8 Å². The van der Waals surface area contributed by atoms with Gasteiger partial charge in [-0.3, -0.25) is 4.79 Å². The van der Waals surface area contributed by atoms with Gasteiger partial charge in [-0.25, -0.2) is 0 Å². The normalized spacial score (nSPS) is 11.9. The van der Waals surface area contributed by atoms with Crippen LogP contribution < -0.4 is 20.5 Å². The molecule has 1 aliphatic rings. The van der Waals surface area contributed by atoms with Gasteiger partial charge in [0, 0.05) is 22.3 Å². The van der Waals surface area contributed by atoms with Gasteiger partial charge < -0.3 is 20.5 Å². The van der Waals surface area contributed by atoms with Crippen LogP contribution in [0, 0.1) is 11.3 Å². The Hall–Kier alpha value is -3.21. The molecule has 0 bridgehead atoms. The summed E-state index contributed by atoms with van der Waals surface area (Å²) in [4.78, 5) is 13.1. The van der Waals surface area contributed by atoms with Crippen molar-refractivity contribution < 1.29 is 14.3 Å². The Balaban J connectivity index is 1.68. The molecule has 2 aromatic carbocycles. The molecule has 0 unspecified atom stereocenters. The van der Waals surface area contributed by atoms with E-state index < -0.39 is 0 Å². The van der Waals surface area contributed by atoms with Crippen molar-refractivity contribution in [1.82, 2.24) is 0 Å². The Bertz CT molecular complexity index is 1090. The number of halogens is 1. The fourth-order valence-electron chi connectivity index (χ4n) is 2.65. The minimum Gasteiger partial charge on any atom is -0.454 e. The van der Waals surface area contributed by atoms with Crippen molar-refractivity contribution in [2.75, 3.05) is 17.8 Å². The minimum absolute atomic E-state index is 0.158. The lowest BCUT2D eigenvalue weighted by atomic mass is 10.1. The van der Waals surface area contributed by atoms with Crippen molar-refractivity contribution in [2.45, 2.75) is 0 Å². The van der Waals surface area contributed by atoms with Crippen LogP contribution in [0.3, 0.4) is 0 Å². The molecule has 1 aliphatic heterocycles. The van der Waals surface area contributed by atoms with Crippen LogP contribution in [0.5, 0.6) is 11.5 Å². The SMILES string of the molecule is N#Cc1c(Nc2ccc3c(c2)OCO3)sc(C(=O)c2ccc(Cl)cc2)c1N. The Kier molecular flexibility index (Phi) is 4.36. The molecular formula is C19H12ClN3O3S. The zero-order valence-electron chi connectivity index (χ0n) is 13.8. The molecule has 0 aliphatic carbocycles. The molecule has 0 radical (unpaired) electrons. The maximum Gasteiger partial charge on any atom is 0.231 e. The summed E-state index contributed by atoms with van der Waals surface area (Å²) in [6.45, 7) is 0.175. The lowest BCUT2D eigenvalue weighted by Crippen LogP contribution is -2.02. The highest BCUT2D eigenvalue weighted by Gasteiger charge is 2.23. The fourth-order valence-corrected chi connectivity index (χ4v) is 3.83. The topological polar surface area (TPSA) is 97.4 Å². The van der Waals surface area contributed by atoms with E-state index in [1.807, 2.05) is 0 Å². The second-order valence-electron chi connectivity index (χ2n) is 5.69. The first-order valence-electron chi connectivity index (χ1n) is 7.86. The standard InChI is InChI=1S/C19H12ClN3O3S/c20-11-3-1-10(2-4-11)17(24)18-16(22)13(8-21)19(27-18)23-12-5-6-14-15(7-12)26-9-25-14/h1-7,23H,9,22H2. The lowest BCUT2D eigenvalue weighted by Gasteiger charge is -2.05. The van der Waals surface area contributed by atoms with Gasteiger partial charge in [0.2, 0.25) is 12.6 Å². The second kappa shape index (κ2) is 6.83. The van der Waals surface area contributed by atoms with E-state index in [1.54, 1.807) is 42.5 Å². The van der Waals surface area contributed by atoms with E-state index in [0.717, 1.165) is 11.3 Å². The number of nitriles is 1. The quantitative estimate of drug-likeness (QED) is 0.626. The molecule has 6 nitrogen and oxygen atoms in total. The van der Waals surface area contributed by atoms with E-state index in [-0.39, 0.29) is 23.8 Å². The number of ether oxygens (including phenoxy) is 2. The summed E-state index contributed by atoms with van der Waals surface area (Å²) >= 11 is 7.00. The zero-order chi connectivity index (χ0) is 19.0. The Morgan fingerprint density at radius 2 is 1.93 bits per heavy atom. The average Bonchev–Trinajstić information content (AvgIpc) is 3.25. The minimum atomic E-state index is -0.260. The van der Waals surface area contributed by atoms with Gasteiger partial charge in [0.15, 0.2) is 11.5 Å². The summed E-state index contributed by atoms with van der Waals surface area (Å²) in [7, 11) is 0. The van der Waals surface area contributed by atoms with Gasteiger partial charge in [0.1, 0.15) is 21.5 Å². The number of nitrogens with one attached hydrogen (secondary N) is 1. The van der Waals surface area contributed by atoms with Crippen LogP contribution >= 0.6 is 22.9 Å². The number of hydrogen-bond donors (Lipinski definition) is 2. The van der Waals surface area contributed by atoms with E-state index >= 15 is 0 Å². The van der Waals surface area contributed by atoms with Gasteiger partial charge >= 0.3 is 0 Å². The van der Waals surface area contributed by atoms with E-state index in [0.29, 0.717) is 37.7 Å². The molecule has 3 N–H and O–H groups in total. The number of hydrogen-bond acceptors (Lipinski definition) is 7. The van der Waals surface area contributed by atoms with Crippen molar-refractivity contribution in [3.8, 4) is 17.6 Å². The Morgan fingerprint density at radius 3 is 2.67 bits per heavy atom. The number of nitrogen functional groups attached to an aromatic ring is 1. The first-order chi connectivity index (χ1) is 13.1. The number of nitrogens with zero attached hydrogens (tertiary/aromatic N) is 1. The molecule has 1 aromatic heterocycles. The summed E-state index contributed by atoms with van der Waals surface area (Å²) in [6, 6.07) is 13.9. The zero-order valence-corrected chi connectivity index (χ0v) is 15.4. The molecule has 0 atom stereocenters. The number of thiophene rings is 1. The number of rotatable bonds is 4. The van der Waals surface area contributed by atoms with Crippen LogP contribution in [-0.4, -0.2) is 12.6 Å². The number of nitrogens with two attached hydrogens (primary N) is 1. The van der Waals surface area contributed by atoms with E-state index in [4.69, 9.17) is 26.8 Å². The van der Waals surface area contributed by atoms with Gasteiger partial charge in [-0.2, -0.15) is 5.26 Å². The molecule has 0 spiro atoms. The Morgan fingerprint density at radius 1 is 1.19 bits per heavy atom. The first kappa shape index (κ1) is 17.2. The monoisotopic (exact) mass is 397 g/mol. The molecular weight excluding hydrogens is 386 g/mol. The molecule has 2 heterocycles. The summed E-state index contributed by atoms with van der Waals surface area (Å²) in [5.41, 5.74) is 7.62. The van der Waals surface area contributed by atoms with Gasteiger partial charge in [-0.15, -0.1) is 11.3 Å². The van der Waals surface area contributed by atoms with Crippen LogP contribution in [0.2, 0.25) is 5.02 Å². The predicted molar refractivity (Wildman–Crippen MR) is 104 cm³/mol. The lowest BCUT2D eigenvalue weighted by molar-refractivity contribution is 0.104. The fraction of sp³-hybridized carbons (Fsp3) is 0.0526. The molecule has 134 valence electrons. The molecule has 27 heavy (non-hydrogen) atoms. The largest absolute Gasteiger partial charge is 0.454 e. The van der Waals surface area contributed by atoms with Gasteiger partial charge in [-0.05, 0) is 36.4 Å². The van der Waals surface area contributed by atoms with E-state index in [2.05, 4.69) is 11.4 Å². The van der Waals surface area contributed by atoms with E-state index in [1.165, 1.54) is 0 Å². The summed E-state index contributed by atoms with van der Waals surface area (Å²) in [5.74, 6) is 1.01. The second-order valence-corrected chi connectivity index (χ2v) is 7.15. The van der Waals surface area contributed by atoms with Crippen LogP contribution in [0.15, 0.2) is 42.5 Å². The van der Waals surface area contributed by atoms with Crippen molar-refractivity contribution in [1.29, 1.82) is 5.26 Å². The third-order valence-corrected chi connectivity index (χ3v) is 5.37. The van der Waals surface area contributed by atoms with Crippen molar-refractivity contribution in [3.63, 3.8) is 0 Å². The van der Waals surface area contributed by atoms with Crippen molar-refractivity contribution in [2.24, 2.45) is 0 Å². The van der Waals surface area contributed by atoms with E-state index in [9.17, 15) is 10.1 Å². The third-order valence-electron chi connectivity index (χ3n) is 4.00. The third kappa shape index (κ3) is 3.16. The van der Waals surface area contributed by atoms with Gasteiger partial charge in [-0.1, -0.05) is 11.6 Å². The molecule has 8 heteroatoms. The highest BCUT2D eigenvalue weighted by Crippen LogP contribution is 2.40. The number of fused-ring (bicyclic) bond motifs is 1. The molecule has 3 aromatic rings. The predicted octanol–water partition coefficient (Wildman–Crippen LogP) is 4.56. The highest BCUT2D eigenvalue weighted by atomic mass is 35.5. The number of ketones is 1. The average molecular weight is 398 g/mol. The maximum absolute atomic E-state index is 12.8. The number of carbonyl (C=O) groups excluding carboxylic acids is 1. The number of carbonyl (C=O) groups is 1.